The maximum absolute atomic E-state index is 12.8. The van der Waals surface area contributed by atoms with Gasteiger partial charge in [-0.2, -0.15) is 0 Å². The predicted octanol–water partition coefficient (Wildman–Crippen LogP) is 5.42. The van der Waals surface area contributed by atoms with Crippen molar-refractivity contribution in [2.75, 3.05) is 6.61 Å². The molecule has 1 heterocycles. The van der Waals surface area contributed by atoms with Crippen LogP contribution in [0.25, 0.3) is 6.08 Å². The third kappa shape index (κ3) is 4.44. The van der Waals surface area contributed by atoms with Crippen LogP contribution in [0.2, 0.25) is 0 Å². The summed E-state index contributed by atoms with van der Waals surface area (Å²) in [6.07, 6.45) is 3.51. The second kappa shape index (κ2) is 8.66. The normalized spacial score (nSPS) is 15.6. The van der Waals surface area contributed by atoms with E-state index in [0.29, 0.717) is 28.1 Å². The van der Waals surface area contributed by atoms with Crippen LogP contribution in [-0.2, 0) is 11.3 Å². The van der Waals surface area contributed by atoms with Gasteiger partial charge in [-0.1, -0.05) is 82.9 Å². The van der Waals surface area contributed by atoms with E-state index in [1.54, 1.807) is 11.0 Å². The number of hydrogen-bond donors (Lipinski definition) is 0. The van der Waals surface area contributed by atoms with Crippen molar-refractivity contribution in [1.29, 1.82) is 0 Å². The highest BCUT2D eigenvalue weighted by Gasteiger charge is 2.32. The summed E-state index contributed by atoms with van der Waals surface area (Å²) in [4.78, 5) is 15.0. The summed E-state index contributed by atoms with van der Waals surface area (Å²) in [6, 6.07) is 15.5. The first-order chi connectivity index (χ1) is 12.6. The highest BCUT2D eigenvalue weighted by Crippen LogP contribution is 2.35. The number of carbonyl (C=O) groups excluding carboxylic acids is 1. The van der Waals surface area contributed by atoms with Gasteiger partial charge in [-0.25, -0.2) is 0 Å². The summed E-state index contributed by atoms with van der Waals surface area (Å²) in [7, 11) is 0. The standard InChI is InChI=1S/C20H16BrNO2S2/c1-2-10-24-17-9-8-16(21)11-15(17)12-18-19(23)22(20(25)26-18)13-14-6-4-3-5-7-14/h2-9,11-12H,1,10,13H2/b18-12-. The van der Waals surface area contributed by atoms with Gasteiger partial charge >= 0.3 is 0 Å². The molecule has 1 aliphatic rings. The minimum absolute atomic E-state index is 0.0847. The molecule has 26 heavy (non-hydrogen) atoms. The lowest BCUT2D eigenvalue weighted by Crippen LogP contribution is -2.27. The number of thioether (sulfide) groups is 1. The molecule has 1 aliphatic heterocycles. The Hall–Kier alpha value is -1.89. The molecular formula is C20H16BrNO2S2. The molecule has 2 aromatic rings. The maximum atomic E-state index is 12.8. The molecule has 2 aromatic carbocycles. The van der Waals surface area contributed by atoms with Crippen molar-refractivity contribution in [3.05, 3.63) is 81.7 Å². The zero-order valence-electron chi connectivity index (χ0n) is 13.9. The van der Waals surface area contributed by atoms with Gasteiger partial charge in [-0.15, -0.1) is 0 Å². The number of benzene rings is 2. The lowest BCUT2D eigenvalue weighted by atomic mass is 10.1. The van der Waals surface area contributed by atoms with Crippen LogP contribution in [-0.4, -0.2) is 21.7 Å². The van der Waals surface area contributed by atoms with Crippen molar-refractivity contribution in [1.82, 2.24) is 4.90 Å². The Balaban J connectivity index is 1.86. The van der Waals surface area contributed by atoms with Crippen LogP contribution in [0, 0.1) is 0 Å². The molecule has 3 rings (SSSR count). The SMILES string of the molecule is C=CCOc1ccc(Br)cc1/C=C1\SC(=S)N(Cc2ccccc2)C1=O. The van der Waals surface area contributed by atoms with E-state index in [-0.39, 0.29) is 5.91 Å². The number of hydrogen-bond acceptors (Lipinski definition) is 4. The number of carbonyl (C=O) groups is 1. The first-order valence-electron chi connectivity index (χ1n) is 7.91. The minimum Gasteiger partial charge on any atom is -0.489 e. The Morgan fingerprint density at radius 3 is 2.73 bits per heavy atom. The maximum Gasteiger partial charge on any atom is 0.266 e. The Morgan fingerprint density at radius 2 is 2.00 bits per heavy atom. The van der Waals surface area contributed by atoms with Gasteiger partial charge in [0, 0.05) is 10.0 Å². The topological polar surface area (TPSA) is 29.5 Å². The number of thiocarbonyl (C=S) groups is 1. The van der Waals surface area contributed by atoms with Gasteiger partial charge in [0.25, 0.3) is 5.91 Å². The van der Waals surface area contributed by atoms with Gasteiger partial charge in [0.2, 0.25) is 0 Å². The summed E-state index contributed by atoms with van der Waals surface area (Å²) in [5, 5.41) is 0. The van der Waals surface area contributed by atoms with E-state index >= 15 is 0 Å². The molecule has 6 heteroatoms. The first kappa shape index (κ1) is 18.9. The van der Waals surface area contributed by atoms with Gasteiger partial charge in [-0.05, 0) is 29.8 Å². The number of halogens is 1. The Labute approximate surface area is 170 Å². The quantitative estimate of drug-likeness (QED) is 0.337. The van der Waals surface area contributed by atoms with Crippen molar-refractivity contribution >= 4 is 56.2 Å². The average Bonchev–Trinajstić information content (AvgIpc) is 2.89. The highest BCUT2D eigenvalue weighted by atomic mass is 79.9. The van der Waals surface area contributed by atoms with Crippen LogP contribution in [0.4, 0.5) is 0 Å². The summed E-state index contributed by atoms with van der Waals surface area (Å²) in [5.74, 6) is 0.611. The molecule has 1 fully saturated rings. The van der Waals surface area contributed by atoms with Crippen molar-refractivity contribution in [2.45, 2.75) is 6.54 Å². The van der Waals surface area contributed by atoms with Gasteiger partial charge < -0.3 is 4.74 Å². The second-order valence-corrected chi connectivity index (χ2v) is 8.13. The summed E-state index contributed by atoms with van der Waals surface area (Å²) >= 11 is 10.2. The number of ether oxygens (including phenoxy) is 1. The van der Waals surface area contributed by atoms with Gasteiger partial charge in [0.15, 0.2) is 0 Å². The molecular weight excluding hydrogens is 430 g/mol. The Kier molecular flexibility index (Phi) is 6.29. The largest absolute Gasteiger partial charge is 0.489 e. The molecule has 0 spiro atoms. The highest BCUT2D eigenvalue weighted by molar-refractivity contribution is 9.10. The van der Waals surface area contributed by atoms with Crippen LogP contribution in [0.3, 0.4) is 0 Å². The van der Waals surface area contributed by atoms with E-state index < -0.39 is 0 Å². The van der Waals surface area contributed by atoms with E-state index in [9.17, 15) is 4.79 Å². The fourth-order valence-electron chi connectivity index (χ4n) is 2.46. The smallest absolute Gasteiger partial charge is 0.266 e. The van der Waals surface area contributed by atoms with Crippen molar-refractivity contribution in [2.24, 2.45) is 0 Å². The minimum atomic E-state index is -0.0847. The molecule has 0 atom stereocenters. The van der Waals surface area contributed by atoms with Crippen LogP contribution in [0.15, 0.2) is 70.6 Å². The fraction of sp³-hybridized carbons (Fsp3) is 0.100. The summed E-state index contributed by atoms with van der Waals surface area (Å²) in [6.45, 7) is 4.54. The van der Waals surface area contributed by atoms with Crippen LogP contribution >= 0.6 is 39.9 Å². The lowest BCUT2D eigenvalue weighted by molar-refractivity contribution is -0.122. The lowest BCUT2D eigenvalue weighted by Gasteiger charge is -2.14. The van der Waals surface area contributed by atoms with Crippen molar-refractivity contribution in [3.63, 3.8) is 0 Å². The second-order valence-electron chi connectivity index (χ2n) is 5.54. The third-order valence-electron chi connectivity index (χ3n) is 3.67. The molecule has 132 valence electrons. The molecule has 1 saturated heterocycles. The Bertz CT molecular complexity index is 881. The molecule has 0 bridgehead atoms. The molecule has 0 unspecified atom stereocenters. The average molecular weight is 446 g/mol. The molecule has 0 saturated carbocycles. The number of amides is 1. The van der Waals surface area contributed by atoms with E-state index in [1.807, 2.05) is 54.6 Å². The molecule has 0 radical (unpaired) electrons. The first-order valence-corrected chi connectivity index (χ1v) is 9.93. The number of rotatable bonds is 6. The van der Waals surface area contributed by atoms with Crippen LogP contribution in [0.5, 0.6) is 5.75 Å². The van der Waals surface area contributed by atoms with Gasteiger partial charge in [0.1, 0.15) is 16.7 Å². The van der Waals surface area contributed by atoms with E-state index in [4.69, 9.17) is 17.0 Å². The summed E-state index contributed by atoms with van der Waals surface area (Å²) < 4.78 is 7.16. The zero-order chi connectivity index (χ0) is 18.5. The van der Waals surface area contributed by atoms with Crippen LogP contribution < -0.4 is 4.74 Å². The van der Waals surface area contributed by atoms with Crippen molar-refractivity contribution in [3.8, 4) is 5.75 Å². The van der Waals surface area contributed by atoms with Crippen molar-refractivity contribution < 1.29 is 9.53 Å². The van der Waals surface area contributed by atoms with E-state index in [0.717, 1.165) is 15.6 Å². The third-order valence-corrected chi connectivity index (χ3v) is 5.54. The molecule has 0 aliphatic carbocycles. The monoisotopic (exact) mass is 445 g/mol. The fourth-order valence-corrected chi connectivity index (χ4v) is 4.08. The number of nitrogens with zero attached hydrogens (tertiary/aromatic N) is 1. The zero-order valence-corrected chi connectivity index (χ0v) is 17.1. The molecule has 3 nitrogen and oxygen atoms in total. The Morgan fingerprint density at radius 1 is 1.23 bits per heavy atom. The van der Waals surface area contributed by atoms with E-state index in [2.05, 4.69) is 22.5 Å². The van der Waals surface area contributed by atoms with Crippen LogP contribution in [0.1, 0.15) is 11.1 Å². The molecule has 0 N–H and O–H groups in total. The van der Waals surface area contributed by atoms with E-state index in [1.165, 1.54) is 11.8 Å². The molecule has 1 amide bonds. The summed E-state index contributed by atoms with van der Waals surface area (Å²) in [5.41, 5.74) is 1.86. The molecule has 0 aromatic heterocycles. The predicted molar refractivity (Wildman–Crippen MR) is 115 cm³/mol. The van der Waals surface area contributed by atoms with Gasteiger partial charge in [-0.3, -0.25) is 9.69 Å². The van der Waals surface area contributed by atoms with Gasteiger partial charge in [0.05, 0.1) is 11.4 Å².